The van der Waals surface area contributed by atoms with E-state index in [4.69, 9.17) is 9.47 Å². The van der Waals surface area contributed by atoms with Gasteiger partial charge in [-0.2, -0.15) is 0 Å². The molecule has 2 aromatic carbocycles. The predicted molar refractivity (Wildman–Crippen MR) is 137 cm³/mol. The van der Waals surface area contributed by atoms with Crippen molar-refractivity contribution in [3.63, 3.8) is 0 Å². The Hall–Kier alpha value is -4.24. The van der Waals surface area contributed by atoms with Crippen LogP contribution in [0.25, 0.3) is 0 Å². The molecule has 8 nitrogen and oxygen atoms in total. The van der Waals surface area contributed by atoms with Crippen LogP contribution in [0.3, 0.4) is 0 Å². The van der Waals surface area contributed by atoms with Crippen molar-refractivity contribution in [2.45, 2.75) is 19.1 Å². The van der Waals surface area contributed by atoms with Gasteiger partial charge in [-0.3, -0.25) is 14.6 Å². The van der Waals surface area contributed by atoms with Gasteiger partial charge in [-0.05, 0) is 34.7 Å². The average molecular weight is 503 g/mol. The zero-order valence-electron chi connectivity index (χ0n) is 20.0. The summed E-state index contributed by atoms with van der Waals surface area (Å²) in [5.74, 6) is 0.236. The number of amides is 2. The molecule has 4 rings (SSSR count). The summed E-state index contributed by atoms with van der Waals surface area (Å²) in [6.45, 7) is 0.528. The molecule has 0 saturated heterocycles. The maximum atomic E-state index is 13.8. The minimum absolute atomic E-state index is 0.149. The highest BCUT2D eigenvalue weighted by atomic mass is 32.1. The van der Waals surface area contributed by atoms with Gasteiger partial charge in [0.05, 0.1) is 27.0 Å². The Balaban J connectivity index is 1.76. The first-order chi connectivity index (χ1) is 17.6. The summed E-state index contributed by atoms with van der Waals surface area (Å²) in [7, 11) is 3.07. The molecule has 9 heteroatoms. The lowest BCUT2D eigenvalue weighted by Crippen LogP contribution is -2.43. The van der Waals surface area contributed by atoms with Crippen LogP contribution in [0.4, 0.5) is 0 Å². The molecule has 0 aliphatic heterocycles. The van der Waals surface area contributed by atoms with Gasteiger partial charge >= 0.3 is 0 Å². The van der Waals surface area contributed by atoms with Crippen molar-refractivity contribution in [1.82, 2.24) is 20.2 Å². The van der Waals surface area contributed by atoms with E-state index in [-0.39, 0.29) is 18.1 Å². The molecule has 2 heterocycles. The third-order valence-corrected chi connectivity index (χ3v) is 6.40. The fourth-order valence-corrected chi connectivity index (χ4v) is 4.49. The summed E-state index contributed by atoms with van der Waals surface area (Å²) in [6.07, 6.45) is 4.35. The van der Waals surface area contributed by atoms with Gasteiger partial charge < -0.3 is 19.7 Å². The molecule has 2 amide bonds. The van der Waals surface area contributed by atoms with Gasteiger partial charge in [0.2, 0.25) is 5.91 Å². The Morgan fingerprint density at radius 3 is 2.47 bits per heavy atom. The SMILES string of the molecule is COc1ccc([C@H](C(=O)NCc2ccccc2)N(Cc2cccs2)C(=O)c2cnccn2)cc1OC. The molecule has 0 radical (unpaired) electrons. The fourth-order valence-electron chi connectivity index (χ4n) is 3.78. The fraction of sp³-hybridized carbons (Fsp3) is 0.185. The van der Waals surface area contributed by atoms with E-state index < -0.39 is 11.9 Å². The lowest BCUT2D eigenvalue weighted by Gasteiger charge is -2.31. The van der Waals surface area contributed by atoms with Crippen LogP contribution in [0.5, 0.6) is 11.5 Å². The molecule has 0 unspecified atom stereocenters. The van der Waals surface area contributed by atoms with Gasteiger partial charge in [0.15, 0.2) is 11.5 Å². The van der Waals surface area contributed by atoms with E-state index in [1.807, 2.05) is 47.8 Å². The minimum Gasteiger partial charge on any atom is -0.493 e. The summed E-state index contributed by atoms with van der Waals surface area (Å²) >= 11 is 1.51. The van der Waals surface area contributed by atoms with Crippen molar-refractivity contribution < 1.29 is 19.1 Å². The number of hydrogen-bond acceptors (Lipinski definition) is 7. The number of benzene rings is 2. The Morgan fingerprint density at radius 2 is 1.81 bits per heavy atom. The number of methoxy groups -OCH3 is 2. The number of nitrogens with zero attached hydrogens (tertiary/aromatic N) is 3. The molecule has 36 heavy (non-hydrogen) atoms. The van der Waals surface area contributed by atoms with Gasteiger partial charge in [-0.15, -0.1) is 11.3 Å². The van der Waals surface area contributed by atoms with Crippen molar-refractivity contribution in [2.24, 2.45) is 0 Å². The smallest absolute Gasteiger partial charge is 0.275 e. The first kappa shape index (κ1) is 24.9. The molecular weight excluding hydrogens is 476 g/mol. The van der Waals surface area contributed by atoms with E-state index in [9.17, 15) is 9.59 Å². The average Bonchev–Trinajstić information content (AvgIpc) is 3.45. The Bertz CT molecular complexity index is 1280. The second-order valence-electron chi connectivity index (χ2n) is 7.82. The molecule has 1 N–H and O–H groups in total. The van der Waals surface area contributed by atoms with E-state index in [1.165, 1.54) is 41.9 Å². The molecule has 0 spiro atoms. The number of carbonyl (C=O) groups is 2. The molecule has 4 aromatic rings. The van der Waals surface area contributed by atoms with Crippen molar-refractivity contribution in [2.75, 3.05) is 14.2 Å². The molecule has 0 bridgehead atoms. The van der Waals surface area contributed by atoms with Crippen LogP contribution < -0.4 is 14.8 Å². The van der Waals surface area contributed by atoms with Crippen LogP contribution in [0.15, 0.2) is 84.6 Å². The highest BCUT2D eigenvalue weighted by Crippen LogP contribution is 2.34. The van der Waals surface area contributed by atoms with Crippen LogP contribution in [-0.2, 0) is 17.9 Å². The van der Waals surface area contributed by atoms with Gasteiger partial charge in [-0.25, -0.2) is 4.98 Å². The van der Waals surface area contributed by atoms with E-state index >= 15 is 0 Å². The molecule has 0 aliphatic rings. The zero-order chi connectivity index (χ0) is 25.3. The molecule has 0 saturated carbocycles. The number of ether oxygens (including phenoxy) is 2. The predicted octanol–water partition coefficient (Wildman–Crippen LogP) is 4.26. The van der Waals surface area contributed by atoms with Crippen LogP contribution in [0.1, 0.15) is 32.5 Å². The van der Waals surface area contributed by atoms with Crippen LogP contribution in [0.2, 0.25) is 0 Å². The molecule has 2 aromatic heterocycles. The highest BCUT2D eigenvalue weighted by molar-refractivity contribution is 7.09. The molecule has 0 fully saturated rings. The summed E-state index contributed by atoms with van der Waals surface area (Å²) in [5.41, 5.74) is 1.67. The standard InChI is InChI=1S/C27H26N4O4S/c1-34-23-11-10-20(15-24(23)35-2)25(26(32)30-16-19-7-4-3-5-8-19)31(18-21-9-6-14-36-21)27(33)22-17-28-12-13-29-22/h3-15,17,25H,16,18H2,1-2H3,(H,30,32)/t25-/m1/s1. The van der Waals surface area contributed by atoms with Crippen molar-refractivity contribution in [1.29, 1.82) is 0 Å². The number of thiophene rings is 1. The number of hydrogen-bond donors (Lipinski definition) is 1. The Labute approximate surface area is 213 Å². The van der Waals surface area contributed by atoms with Gasteiger partial charge in [0, 0.05) is 23.8 Å². The maximum Gasteiger partial charge on any atom is 0.275 e. The van der Waals surface area contributed by atoms with Crippen LogP contribution in [0, 0.1) is 0 Å². The maximum absolute atomic E-state index is 13.8. The minimum atomic E-state index is -0.967. The van der Waals surface area contributed by atoms with Gasteiger partial charge in [-0.1, -0.05) is 42.5 Å². The zero-order valence-corrected chi connectivity index (χ0v) is 20.8. The third kappa shape index (κ3) is 5.87. The highest BCUT2D eigenvalue weighted by Gasteiger charge is 2.33. The quantitative estimate of drug-likeness (QED) is 0.348. The van der Waals surface area contributed by atoms with E-state index in [0.717, 1.165) is 10.4 Å². The second kappa shape index (κ2) is 11.9. The number of aromatic nitrogens is 2. The summed E-state index contributed by atoms with van der Waals surface area (Å²) < 4.78 is 10.9. The van der Waals surface area contributed by atoms with Crippen LogP contribution in [-0.4, -0.2) is 40.9 Å². The number of rotatable bonds is 10. The third-order valence-electron chi connectivity index (χ3n) is 5.54. The van der Waals surface area contributed by atoms with Gasteiger partial charge in [0.1, 0.15) is 11.7 Å². The topological polar surface area (TPSA) is 93.7 Å². The van der Waals surface area contributed by atoms with Crippen LogP contribution >= 0.6 is 11.3 Å². The largest absolute Gasteiger partial charge is 0.493 e. The van der Waals surface area contributed by atoms with E-state index in [2.05, 4.69) is 15.3 Å². The first-order valence-electron chi connectivity index (χ1n) is 11.2. The second-order valence-corrected chi connectivity index (χ2v) is 8.86. The number of nitrogens with one attached hydrogen (secondary N) is 1. The summed E-state index contributed by atoms with van der Waals surface area (Å²) in [6, 6.07) is 17.7. The molecule has 1 atom stereocenters. The first-order valence-corrected chi connectivity index (χ1v) is 12.1. The summed E-state index contributed by atoms with van der Waals surface area (Å²) in [4.78, 5) is 38.2. The molecule has 184 valence electrons. The molecular formula is C27H26N4O4S. The van der Waals surface area contributed by atoms with Crippen molar-refractivity contribution in [3.8, 4) is 11.5 Å². The monoisotopic (exact) mass is 502 g/mol. The Morgan fingerprint density at radius 1 is 1.00 bits per heavy atom. The van der Waals surface area contributed by atoms with Gasteiger partial charge in [0.25, 0.3) is 5.91 Å². The normalized spacial score (nSPS) is 11.4. The van der Waals surface area contributed by atoms with E-state index in [0.29, 0.717) is 23.6 Å². The lowest BCUT2D eigenvalue weighted by atomic mass is 10.0. The van der Waals surface area contributed by atoms with Crippen molar-refractivity contribution in [3.05, 3.63) is 106 Å². The lowest BCUT2D eigenvalue weighted by molar-refractivity contribution is -0.126. The number of carbonyl (C=O) groups excluding carboxylic acids is 2. The van der Waals surface area contributed by atoms with Crippen molar-refractivity contribution >= 4 is 23.2 Å². The van der Waals surface area contributed by atoms with E-state index in [1.54, 1.807) is 25.3 Å². The molecule has 0 aliphatic carbocycles. The summed E-state index contributed by atoms with van der Waals surface area (Å²) in [5, 5.41) is 4.92. The Kier molecular flexibility index (Phi) is 8.25.